The molecule has 0 fully saturated rings. The highest BCUT2D eigenvalue weighted by atomic mass is 16.4. The molecule has 0 aliphatic rings. The van der Waals surface area contributed by atoms with Gasteiger partial charge in [-0.15, -0.1) is 0 Å². The fourth-order valence-corrected chi connectivity index (χ4v) is 1.80. The maximum atomic E-state index is 11.7. The number of urea groups is 1. The van der Waals surface area contributed by atoms with E-state index in [4.69, 9.17) is 21.7 Å². The molecule has 9 nitrogen and oxygen atoms in total. The molecule has 0 aliphatic carbocycles. The first-order valence-electron chi connectivity index (χ1n) is 7.65. The summed E-state index contributed by atoms with van der Waals surface area (Å²) in [5.74, 6) is -1.10. The maximum Gasteiger partial charge on any atom is 0.326 e. The summed E-state index contributed by atoms with van der Waals surface area (Å²) in [6, 6.07) is -2.26. The van der Waals surface area contributed by atoms with Crippen LogP contribution in [0.25, 0.3) is 0 Å². The van der Waals surface area contributed by atoms with Crippen LogP contribution < -0.4 is 22.1 Å². The number of amides is 2. The monoisotopic (exact) mass is 334 g/mol. The number of hydrogen-bond acceptors (Lipinski definition) is 6. The number of nitrogens with one attached hydrogen (secondary N) is 2. The first-order chi connectivity index (χ1) is 11.0. The molecule has 0 radical (unpaired) electrons. The van der Waals surface area contributed by atoms with Crippen LogP contribution in [0.5, 0.6) is 0 Å². The number of nitrogens with two attached hydrogens (primary N) is 2. The zero-order valence-corrected chi connectivity index (χ0v) is 13.7. The Morgan fingerprint density at radius 1 is 1.00 bits per heavy atom. The van der Waals surface area contributed by atoms with Gasteiger partial charge in [0.05, 0.1) is 6.04 Å². The number of carbonyl (C=O) groups is 3. The van der Waals surface area contributed by atoms with Crippen LogP contribution in [0.2, 0.25) is 0 Å². The van der Waals surface area contributed by atoms with Gasteiger partial charge in [0.1, 0.15) is 12.3 Å². The van der Waals surface area contributed by atoms with Crippen LogP contribution in [-0.4, -0.2) is 60.8 Å². The predicted octanol–water partition coefficient (Wildman–Crippen LogP) is -0.827. The molecule has 2 amide bonds. The summed E-state index contributed by atoms with van der Waals surface area (Å²) < 4.78 is 0. The van der Waals surface area contributed by atoms with Gasteiger partial charge in [-0.25, -0.2) is 9.59 Å². The van der Waals surface area contributed by atoms with E-state index >= 15 is 0 Å². The lowest BCUT2D eigenvalue weighted by molar-refractivity contribution is -0.139. The lowest BCUT2D eigenvalue weighted by Gasteiger charge is -2.17. The molecule has 0 spiro atoms. The molecule has 0 aromatic rings. The zero-order chi connectivity index (χ0) is 18.1. The van der Waals surface area contributed by atoms with E-state index < -0.39 is 24.1 Å². The van der Waals surface area contributed by atoms with Gasteiger partial charge in [-0.2, -0.15) is 0 Å². The van der Waals surface area contributed by atoms with Crippen LogP contribution >= 0.6 is 0 Å². The Hall–Kier alpha value is -1.71. The number of carbonyl (C=O) groups excluding carboxylic acids is 2. The highest BCUT2D eigenvalue weighted by molar-refractivity contribution is 5.84. The second-order valence-electron chi connectivity index (χ2n) is 4.82. The Morgan fingerprint density at radius 2 is 1.52 bits per heavy atom. The lowest BCUT2D eigenvalue weighted by atomic mass is 10.1. The number of carboxylic acid groups (broad SMARTS) is 1. The van der Waals surface area contributed by atoms with E-state index in [1.807, 2.05) is 0 Å². The number of hydrogen-bond donors (Lipinski definition) is 6. The zero-order valence-electron chi connectivity index (χ0n) is 13.7. The number of aliphatic hydroxyl groups excluding tert-OH is 1. The summed E-state index contributed by atoms with van der Waals surface area (Å²) in [4.78, 5) is 33.6. The number of aliphatic carboxylic acids is 1. The first-order valence-corrected chi connectivity index (χ1v) is 7.65. The van der Waals surface area contributed by atoms with E-state index in [-0.39, 0.29) is 0 Å². The molecular formula is C14H30N4O5. The van der Waals surface area contributed by atoms with E-state index in [1.165, 1.54) is 0 Å². The molecule has 136 valence electrons. The molecule has 0 rings (SSSR count). The minimum Gasteiger partial charge on any atom is -0.480 e. The Labute approximate surface area is 136 Å². The fraction of sp³-hybridized carbons (Fsp3) is 0.786. The summed E-state index contributed by atoms with van der Waals surface area (Å²) in [7, 11) is 1.00. The van der Waals surface area contributed by atoms with E-state index in [2.05, 4.69) is 10.6 Å². The van der Waals surface area contributed by atoms with Gasteiger partial charge < -0.3 is 37.1 Å². The molecule has 0 heterocycles. The largest absolute Gasteiger partial charge is 0.480 e. The van der Waals surface area contributed by atoms with Crippen molar-refractivity contribution in [2.45, 2.75) is 50.6 Å². The van der Waals surface area contributed by atoms with Crippen molar-refractivity contribution in [1.29, 1.82) is 0 Å². The van der Waals surface area contributed by atoms with Crippen molar-refractivity contribution in [3.05, 3.63) is 0 Å². The minimum absolute atomic E-state index is 0.304. The molecule has 2 unspecified atom stereocenters. The Bertz CT molecular complexity index is 328. The summed E-state index contributed by atoms with van der Waals surface area (Å²) in [6.07, 6.45) is 4.23. The molecule has 0 aromatic heterocycles. The fourth-order valence-electron chi connectivity index (χ4n) is 1.80. The van der Waals surface area contributed by atoms with Gasteiger partial charge in [-0.1, -0.05) is 0 Å². The van der Waals surface area contributed by atoms with E-state index in [0.717, 1.165) is 20.0 Å². The van der Waals surface area contributed by atoms with Gasteiger partial charge in [-0.05, 0) is 51.6 Å². The molecule has 0 bridgehead atoms. The Balaban J connectivity index is 0. The van der Waals surface area contributed by atoms with Crippen LogP contribution in [0.4, 0.5) is 4.79 Å². The van der Waals surface area contributed by atoms with Gasteiger partial charge in [0.15, 0.2) is 0 Å². The molecule has 23 heavy (non-hydrogen) atoms. The standard InChI is InChI=1S/C13H26N4O4.CH4O/c14-7-3-1-5-10(9-18)16-13(21)17-11(12(19)20)6-2-4-8-15;1-2/h9-11H,1-8,14-15H2,(H,19,20)(H2,16,17,21);2H,1H3. The molecule has 0 aliphatic heterocycles. The van der Waals surface area contributed by atoms with Gasteiger partial charge in [0.2, 0.25) is 0 Å². The van der Waals surface area contributed by atoms with Crippen molar-refractivity contribution < 1.29 is 24.6 Å². The van der Waals surface area contributed by atoms with Crippen LogP contribution in [0.1, 0.15) is 38.5 Å². The van der Waals surface area contributed by atoms with Crippen molar-refractivity contribution in [2.24, 2.45) is 11.5 Å². The lowest BCUT2D eigenvalue weighted by Crippen LogP contribution is -2.49. The van der Waals surface area contributed by atoms with Gasteiger partial charge in [0, 0.05) is 7.11 Å². The Kier molecular flexibility index (Phi) is 17.1. The molecule has 8 N–H and O–H groups in total. The van der Waals surface area contributed by atoms with Gasteiger partial charge in [0.25, 0.3) is 0 Å². The molecular weight excluding hydrogens is 304 g/mol. The molecule has 0 saturated heterocycles. The third-order valence-corrected chi connectivity index (χ3v) is 3.00. The van der Waals surface area contributed by atoms with Crippen molar-refractivity contribution in [2.75, 3.05) is 20.2 Å². The summed E-state index contributed by atoms with van der Waals surface area (Å²) >= 11 is 0. The number of aliphatic hydroxyl groups is 1. The van der Waals surface area contributed by atoms with E-state index in [1.54, 1.807) is 0 Å². The molecule has 9 heteroatoms. The van der Waals surface area contributed by atoms with Crippen LogP contribution in [-0.2, 0) is 9.59 Å². The molecule has 0 saturated carbocycles. The predicted molar refractivity (Wildman–Crippen MR) is 86.9 cm³/mol. The van der Waals surface area contributed by atoms with Crippen molar-refractivity contribution >= 4 is 18.3 Å². The van der Waals surface area contributed by atoms with Gasteiger partial charge in [-0.3, -0.25) is 0 Å². The summed E-state index contributed by atoms with van der Waals surface area (Å²) in [6.45, 7) is 1.01. The number of carboxylic acids is 1. The SMILES string of the molecule is CO.NCCCCC(C=O)NC(=O)NC(CCCCN)C(=O)O. The van der Waals surface area contributed by atoms with Crippen molar-refractivity contribution in [3.63, 3.8) is 0 Å². The van der Waals surface area contributed by atoms with Crippen molar-refractivity contribution in [3.8, 4) is 0 Å². The average molecular weight is 334 g/mol. The van der Waals surface area contributed by atoms with E-state index in [0.29, 0.717) is 45.1 Å². The highest BCUT2D eigenvalue weighted by Crippen LogP contribution is 2.02. The Morgan fingerprint density at radius 3 is 1.96 bits per heavy atom. The van der Waals surface area contributed by atoms with E-state index in [9.17, 15) is 14.4 Å². The average Bonchev–Trinajstić information content (AvgIpc) is 2.55. The minimum atomic E-state index is -1.10. The summed E-state index contributed by atoms with van der Waals surface area (Å²) in [5, 5.41) is 20.8. The highest BCUT2D eigenvalue weighted by Gasteiger charge is 2.20. The number of rotatable bonds is 12. The second kappa shape index (κ2) is 16.7. The molecule has 0 aromatic carbocycles. The third kappa shape index (κ3) is 13.7. The maximum absolute atomic E-state index is 11.7. The van der Waals surface area contributed by atoms with Gasteiger partial charge >= 0.3 is 12.0 Å². The number of aldehydes is 1. The van der Waals surface area contributed by atoms with Crippen LogP contribution in [0, 0.1) is 0 Å². The summed E-state index contributed by atoms with van der Waals surface area (Å²) in [5.41, 5.74) is 10.7. The molecule has 2 atom stereocenters. The normalized spacial score (nSPS) is 12.3. The third-order valence-electron chi connectivity index (χ3n) is 3.00. The second-order valence-corrected chi connectivity index (χ2v) is 4.82. The quantitative estimate of drug-likeness (QED) is 0.200. The topological polar surface area (TPSA) is 168 Å². The van der Waals surface area contributed by atoms with Crippen LogP contribution in [0.3, 0.4) is 0 Å². The number of unbranched alkanes of at least 4 members (excludes halogenated alkanes) is 2. The van der Waals surface area contributed by atoms with Crippen LogP contribution in [0.15, 0.2) is 0 Å². The first kappa shape index (κ1) is 23.6. The van der Waals surface area contributed by atoms with Crippen molar-refractivity contribution in [1.82, 2.24) is 10.6 Å². The smallest absolute Gasteiger partial charge is 0.326 e.